The number of aryl methyl sites for hydroxylation is 1. The highest BCUT2D eigenvalue weighted by Crippen LogP contribution is 2.40. The number of carboxylic acid groups (broad SMARTS) is 1. The molecule has 0 spiro atoms. The Morgan fingerprint density at radius 3 is 2.10 bits per heavy atom. The topological polar surface area (TPSA) is 65.0 Å². The van der Waals surface area contributed by atoms with Crippen LogP contribution in [0.5, 0.6) is 23.0 Å². The minimum absolute atomic E-state index is 0.215. The standard InChI is InChI=1S/C16H16O5/c1-10-9-11(16(17)18)7-8-12(10)21-15-13(19-2)5-4-6-14(15)20-3/h4-9H,1-3H3,(H,17,18). The molecule has 0 bridgehead atoms. The molecule has 0 saturated carbocycles. The number of hydrogen-bond donors (Lipinski definition) is 1. The van der Waals surface area contributed by atoms with E-state index in [-0.39, 0.29) is 5.56 Å². The molecule has 0 radical (unpaired) electrons. The van der Waals surface area contributed by atoms with Gasteiger partial charge in [0.15, 0.2) is 11.5 Å². The van der Waals surface area contributed by atoms with E-state index in [2.05, 4.69) is 0 Å². The normalized spacial score (nSPS) is 10.0. The average Bonchev–Trinajstić information content (AvgIpc) is 2.49. The quantitative estimate of drug-likeness (QED) is 0.912. The van der Waals surface area contributed by atoms with Gasteiger partial charge in [-0.25, -0.2) is 4.79 Å². The Kier molecular flexibility index (Phi) is 4.33. The highest BCUT2D eigenvalue weighted by Gasteiger charge is 2.14. The molecule has 2 aromatic rings. The number of hydrogen-bond acceptors (Lipinski definition) is 4. The first kappa shape index (κ1) is 14.7. The van der Waals surface area contributed by atoms with E-state index in [4.69, 9.17) is 19.3 Å². The van der Waals surface area contributed by atoms with Gasteiger partial charge in [-0.3, -0.25) is 0 Å². The lowest BCUT2D eigenvalue weighted by molar-refractivity contribution is 0.0696. The van der Waals surface area contributed by atoms with Crippen molar-refractivity contribution in [1.29, 1.82) is 0 Å². The molecular formula is C16H16O5. The van der Waals surface area contributed by atoms with Gasteiger partial charge in [0.1, 0.15) is 5.75 Å². The van der Waals surface area contributed by atoms with E-state index in [9.17, 15) is 4.79 Å². The summed E-state index contributed by atoms with van der Waals surface area (Å²) in [5, 5.41) is 8.97. The summed E-state index contributed by atoms with van der Waals surface area (Å²) in [6.45, 7) is 1.78. The third-order valence-electron chi connectivity index (χ3n) is 3.02. The van der Waals surface area contributed by atoms with Crippen molar-refractivity contribution in [2.45, 2.75) is 6.92 Å². The van der Waals surface area contributed by atoms with Crippen LogP contribution in [0, 0.1) is 6.92 Å². The molecule has 2 aromatic carbocycles. The summed E-state index contributed by atoms with van der Waals surface area (Å²) in [6.07, 6.45) is 0. The maximum atomic E-state index is 10.9. The number of carboxylic acids is 1. The van der Waals surface area contributed by atoms with Gasteiger partial charge < -0.3 is 19.3 Å². The molecule has 0 aliphatic rings. The zero-order chi connectivity index (χ0) is 15.4. The summed E-state index contributed by atoms with van der Waals surface area (Å²) >= 11 is 0. The molecule has 0 aliphatic carbocycles. The Morgan fingerprint density at radius 2 is 1.62 bits per heavy atom. The summed E-state index contributed by atoms with van der Waals surface area (Å²) in [6, 6.07) is 9.99. The van der Waals surface area contributed by atoms with Crippen molar-refractivity contribution in [2.75, 3.05) is 14.2 Å². The zero-order valence-corrected chi connectivity index (χ0v) is 12.0. The molecule has 2 rings (SSSR count). The van der Waals surface area contributed by atoms with Crippen LogP contribution >= 0.6 is 0 Å². The van der Waals surface area contributed by atoms with Gasteiger partial charge in [0.25, 0.3) is 0 Å². The monoisotopic (exact) mass is 288 g/mol. The number of carbonyl (C=O) groups is 1. The summed E-state index contributed by atoms with van der Waals surface area (Å²) in [5.41, 5.74) is 0.926. The van der Waals surface area contributed by atoms with E-state index < -0.39 is 5.97 Å². The number of benzene rings is 2. The number of aromatic carboxylic acids is 1. The Hall–Kier alpha value is -2.69. The maximum absolute atomic E-state index is 10.9. The summed E-state index contributed by atoms with van der Waals surface area (Å²) in [4.78, 5) is 10.9. The molecule has 21 heavy (non-hydrogen) atoms. The van der Waals surface area contributed by atoms with Gasteiger partial charge in [0.2, 0.25) is 5.75 Å². The molecule has 0 heterocycles. The maximum Gasteiger partial charge on any atom is 0.335 e. The fraction of sp³-hybridized carbons (Fsp3) is 0.188. The van der Waals surface area contributed by atoms with Crippen LogP contribution in [0.1, 0.15) is 15.9 Å². The van der Waals surface area contributed by atoms with Gasteiger partial charge in [0, 0.05) is 0 Å². The second-order valence-electron chi connectivity index (χ2n) is 4.38. The lowest BCUT2D eigenvalue weighted by atomic mass is 10.1. The van der Waals surface area contributed by atoms with Gasteiger partial charge in [-0.15, -0.1) is 0 Å². The SMILES string of the molecule is COc1cccc(OC)c1Oc1ccc(C(=O)O)cc1C. The summed E-state index contributed by atoms with van der Waals surface area (Å²) < 4.78 is 16.4. The second kappa shape index (κ2) is 6.17. The minimum Gasteiger partial charge on any atom is -0.493 e. The average molecular weight is 288 g/mol. The van der Waals surface area contributed by atoms with E-state index in [0.29, 0.717) is 28.6 Å². The first-order valence-electron chi connectivity index (χ1n) is 6.29. The van der Waals surface area contributed by atoms with Crippen molar-refractivity contribution in [3.63, 3.8) is 0 Å². The first-order chi connectivity index (χ1) is 10.1. The third kappa shape index (κ3) is 3.08. The molecule has 0 aromatic heterocycles. The van der Waals surface area contributed by atoms with Crippen molar-refractivity contribution in [2.24, 2.45) is 0 Å². The van der Waals surface area contributed by atoms with E-state index in [1.807, 2.05) is 0 Å². The molecule has 0 aliphatic heterocycles. The number of methoxy groups -OCH3 is 2. The number of ether oxygens (including phenoxy) is 3. The molecule has 5 nitrogen and oxygen atoms in total. The molecular weight excluding hydrogens is 272 g/mol. The highest BCUT2D eigenvalue weighted by atomic mass is 16.5. The Morgan fingerprint density at radius 1 is 1.00 bits per heavy atom. The van der Waals surface area contributed by atoms with Crippen LogP contribution in [0.2, 0.25) is 0 Å². The number of rotatable bonds is 5. The molecule has 0 fully saturated rings. The smallest absolute Gasteiger partial charge is 0.335 e. The second-order valence-corrected chi connectivity index (χ2v) is 4.38. The van der Waals surface area contributed by atoms with Crippen molar-refractivity contribution >= 4 is 5.97 Å². The van der Waals surface area contributed by atoms with Gasteiger partial charge in [-0.2, -0.15) is 0 Å². The van der Waals surface area contributed by atoms with Crippen molar-refractivity contribution in [1.82, 2.24) is 0 Å². The third-order valence-corrected chi connectivity index (χ3v) is 3.02. The predicted molar refractivity (Wildman–Crippen MR) is 77.8 cm³/mol. The largest absolute Gasteiger partial charge is 0.493 e. The number of para-hydroxylation sites is 1. The van der Waals surface area contributed by atoms with Crippen LogP contribution in [0.25, 0.3) is 0 Å². The first-order valence-corrected chi connectivity index (χ1v) is 6.29. The molecule has 5 heteroatoms. The van der Waals surface area contributed by atoms with E-state index in [1.165, 1.54) is 6.07 Å². The van der Waals surface area contributed by atoms with Crippen molar-refractivity contribution < 1.29 is 24.1 Å². The molecule has 0 unspecified atom stereocenters. The Labute approximate surface area is 122 Å². The summed E-state index contributed by atoms with van der Waals surface area (Å²) in [7, 11) is 3.09. The molecule has 1 N–H and O–H groups in total. The Bertz CT molecular complexity index is 641. The molecule has 0 amide bonds. The lowest BCUT2D eigenvalue weighted by Gasteiger charge is -2.15. The van der Waals surface area contributed by atoms with Gasteiger partial charge in [-0.1, -0.05) is 6.07 Å². The van der Waals surface area contributed by atoms with E-state index in [1.54, 1.807) is 51.5 Å². The van der Waals surface area contributed by atoms with Crippen LogP contribution in [0.4, 0.5) is 0 Å². The van der Waals surface area contributed by atoms with E-state index >= 15 is 0 Å². The molecule has 110 valence electrons. The van der Waals surface area contributed by atoms with Crippen LogP contribution in [0.15, 0.2) is 36.4 Å². The van der Waals surface area contributed by atoms with Crippen LogP contribution < -0.4 is 14.2 Å². The van der Waals surface area contributed by atoms with Crippen molar-refractivity contribution in [3.05, 3.63) is 47.5 Å². The van der Waals surface area contributed by atoms with E-state index in [0.717, 1.165) is 0 Å². The van der Waals surface area contributed by atoms with Crippen molar-refractivity contribution in [3.8, 4) is 23.0 Å². The molecule has 0 saturated heterocycles. The fourth-order valence-corrected chi connectivity index (χ4v) is 1.92. The summed E-state index contributed by atoms with van der Waals surface area (Å²) in [5.74, 6) is 1.10. The lowest BCUT2D eigenvalue weighted by Crippen LogP contribution is -1.99. The molecule has 0 atom stereocenters. The van der Waals surface area contributed by atoms with Gasteiger partial charge >= 0.3 is 5.97 Å². The minimum atomic E-state index is -0.973. The van der Waals surface area contributed by atoms with Crippen LogP contribution in [-0.4, -0.2) is 25.3 Å². The highest BCUT2D eigenvalue weighted by molar-refractivity contribution is 5.88. The Balaban J connectivity index is 2.40. The zero-order valence-electron chi connectivity index (χ0n) is 12.0. The van der Waals surface area contributed by atoms with Gasteiger partial charge in [0.05, 0.1) is 19.8 Å². The fourth-order valence-electron chi connectivity index (χ4n) is 1.92. The predicted octanol–water partition coefficient (Wildman–Crippen LogP) is 3.50. The van der Waals surface area contributed by atoms with Crippen LogP contribution in [-0.2, 0) is 0 Å². The van der Waals surface area contributed by atoms with Crippen LogP contribution in [0.3, 0.4) is 0 Å². The van der Waals surface area contributed by atoms with Gasteiger partial charge in [-0.05, 0) is 42.8 Å².